The van der Waals surface area contributed by atoms with Crippen molar-refractivity contribution in [1.82, 2.24) is 15.3 Å². The molecule has 2 atom stereocenters. The van der Waals surface area contributed by atoms with Gasteiger partial charge >= 0.3 is 0 Å². The second kappa shape index (κ2) is 7.40. The first-order chi connectivity index (χ1) is 9.74. The standard InChI is InChI=1S/C14H24N4O2/c1-3-11(10-20-2)17-12-5-4-8-18(9-12)13-14(19)16-7-6-15-13/h6-7,11-12,17H,3-5,8-10H2,1-2H3,(H,16,19)/t11-,12+/m1/s1. The van der Waals surface area contributed by atoms with Crippen molar-refractivity contribution in [2.75, 3.05) is 31.7 Å². The van der Waals surface area contributed by atoms with E-state index in [2.05, 4.69) is 27.1 Å². The van der Waals surface area contributed by atoms with Crippen LogP contribution in [0.2, 0.25) is 0 Å². The van der Waals surface area contributed by atoms with Crippen LogP contribution >= 0.6 is 0 Å². The van der Waals surface area contributed by atoms with Crippen LogP contribution in [0, 0.1) is 0 Å². The lowest BCUT2D eigenvalue weighted by atomic mass is 10.0. The van der Waals surface area contributed by atoms with Crippen molar-refractivity contribution in [3.63, 3.8) is 0 Å². The van der Waals surface area contributed by atoms with Gasteiger partial charge in [-0.3, -0.25) is 4.79 Å². The molecule has 0 aromatic carbocycles. The van der Waals surface area contributed by atoms with Gasteiger partial charge in [0.05, 0.1) is 6.61 Å². The monoisotopic (exact) mass is 280 g/mol. The summed E-state index contributed by atoms with van der Waals surface area (Å²) in [6, 6.07) is 0.747. The minimum absolute atomic E-state index is 0.114. The molecule has 1 saturated heterocycles. The fourth-order valence-electron chi connectivity index (χ4n) is 2.69. The molecule has 0 unspecified atom stereocenters. The number of rotatable bonds is 6. The van der Waals surface area contributed by atoms with Crippen molar-refractivity contribution in [2.24, 2.45) is 0 Å². The smallest absolute Gasteiger partial charge is 0.290 e. The Kier molecular flexibility index (Phi) is 5.55. The van der Waals surface area contributed by atoms with Crippen molar-refractivity contribution >= 4 is 5.82 Å². The van der Waals surface area contributed by atoms with E-state index in [9.17, 15) is 4.79 Å². The lowest BCUT2D eigenvalue weighted by Gasteiger charge is -2.35. The van der Waals surface area contributed by atoms with Gasteiger partial charge in [0.2, 0.25) is 0 Å². The molecular weight excluding hydrogens is 256 g/mol. The minimum Gasteiger partial charge on any atom is -0.383 e. The summed E-state index contributed by atoms with van der Waals surface area (Å²) < 4.78 is 5.22. The van der Waals surface area contributed by atoms with E-state index in [1.807, 2.05) is 0 Å². The van der Waals surface area contributed by atoms with Gasteiger partial charge in [0.1, 0.15) is 0 Å². The summed E-state index contributed by atoms with van der Waals surface area (Å²) in [7, 11) is 1.73. The first-order valence-corrected chi connectivity index (χ1v) is 7.28. The van der Waals surface area contributed by atoms with Crippen molar-refractivity contribution in [2.45, 2.75) is 38.3 Å². The quantitative estimate of drug-likeness (QED) is 0.805. The van der Waals surface area contributed by atoms with Crippen molar-refractivity contribution < 1.29 is 4.74 Å². The first-order valence-electron chi connectivity index (χ1n) is 7.28. The van der Waals surface area contributed by atoms with Gasteiger partial charge in [0.15, 0.2) is 5.82 Å². The number of aromatic amines is 1. The van der Waals surface area contributed by atoms with E-state index < -0.39 is 0 Å². The third-order valence-electron chi connectivity index (χ3n) is 3.74. The molecule has 0 radical (unpaired) electrons. The van der Waals surface area contributed by atoms with Crippen molar-refractivity contribution in [3.05, 3.63) is 22.7 Å². The molecule has 1 aromatic heterocycles. The first kappa shape index (κ1) is 15.0. The molecule has 2 N–H and O–H groups in total. The molecule has 1 fully saturated rings. The summed E-state index contributed by atoms with van der Waals surface area (Å²) in [6.45, 7) is 4.58. The summed E-state index contributed by atoms with van der Waals surface area (Å²) in [4.78, 5) is 20.8. The minimum atomic E-state index is -0.114. The molecule has 6 nitrogen and oxygen atoms in total. The molecular formula is C14H24N4O2. The van der Waals surface area contributed by atoms with Gasteiger partial charge in [-0.1, -0.05) is 6.92 Å². The second-order valence-corrected chi connectivity index (χ2v) is 5.25. The predicted molar refractivity (Wildman–Crippen MR) is 79.2 cm³/mol. The van der Waals surface area contributed by atoms with Crippen LogP contribution in [0.15, 0.2) is 17.2 Å². The van der Waals surface area contributed by atoms with Crippen LogP contribution in [-0.4, -0.2) is 48.9 Å². The van der Waals surface area contributed by atoms with E-state index in [0.717, 1.165) is 39.0 Å². The average Bonchev–Trinajstić information content (AvgIpc) is 2.47. The van der Waals surface area contributed by atoms with Crippen molar-refractivity contribution in [3.8, 4) is 0 Å². The number of hydrogen-bond donors (Lipinski definition) is 2. The maximum atomic E-state index is 11.8. The lowest BCUT2D eigenvalue weighted by Crippen LogP contribution is -2.51. The predicted octanol–water partition coefficient (Wildman–Crippen LogP) is 0.753. The maximum absolute atomic E-state index is 11.8. The maximum Gasteiger partial charge on any atom is 0.290 e. The van der Waals surface area contributed by atoms with Crippen molar-refractivity contribution in [1.29, 1.82) is 0 Å². The molecule has 2 heterocycles. The van der Waals surface area contributed by atoms with Gasteiger partial charge in [-0.05, 0) is 19.3 Å². The van der Waals surface area contributed by atoms with Crippen LogP contribution in [-0.2, 0) is 4.74 Å². The Morgan fingerprint density at radius 3 is 3.20 bits per heavy atom. The molecule has 1 aliphatic rings. The molecule has 20 heavy (non-hydrogen) atoms. The summed E-state index contributed by atoms with van der Waals surface area (Å²) in [5, 5.41) is 3.62. The zero-order valence-electron chi connectivity index (χ0n) is 12.3. The zero-order valence-corrected chi connectivity index (χ0v) is 12.3. The number of aromatic nitrogens is 2. The highest BCUT2D eigenvalue weighted by molar-refractivity contribution is 5.36. The van der Waals surface area contributed by atoms with Gasteiger partial charge in [-0.2, -0.15) is 0 Å². The average molecular weight is 280 g/mol. The Bertz CT molecular complexity index is 462. The Morgan fingerprint density at radius 2 is 2.50 bits per heavy atom. The zero-order chi connectivity index (χ0) is 14.4. The van der Waals surface area contributed by atoms with E-state index in [1.165, 1.54) is 0 Å². The Balaban J connectivity index is 1.98. The van der Waals surface area contributed by atoms with Gasteiger partial charge in [0, 0.05) is 44.7 Å². The Labute approximate surface area is 119 Å². The molecule has 1 aliphatic heterocycles. The highest BCUT2D eigenvalue weighted by atomic mass is 16.5. The third kappa shape index (κ3) is 3.80. The van der Waals surface area contributed by atoms with Gasteiger partial charge in [-0.15, -0.1) is 0 Å². The molecule has 112 valence electrons. The van der Waals surface area contributed by atoms with E-state index in [0.29, 0.717) is 17.9 Å². The molecule has 0 spiro atoms. The highest BCUT2D eigenvalue weighted by Crippen LogP contribution is 2.15. The Morgan fingerprint density at radius 1 is 1.65 bits per heavy atom. The SMILES string of the molecule is CC[C@H](COC)N[C@H]1CCCN(c2ncc[nH]c2=O)C1. The number of nitrogens with zero attached hydrogens (tertiary/aromatic N) is 2. The van der Waals surface area contributed by atoms with Crippen LogP contribution in [0.3, 0.4) is 0 Å². The number of methoxy groups -OCH3 is 1. The number of H-pyrrole nitrogens is 1. The number of piperidine rings is 1. The van der Waals surface area contributed by atoms with Crippen LogP contribution in [0.1, 0.15) is 26.2 Å². The van der Waals surface area contributed by atoms with Gasteiger partial charge in [-0.25, -0.2) is 4.98 Å². The molecule has 0 saturated carbocycles. The van der Waals surface area contributed by atoms with Crippen LogP contribution in [0.5, 0.6) is 0 Å². The lowest BCUT2D eigenvalue weighted by molar-refractivity contribution is 0.156. The van der Waals surface area contributed by atoms with Gasteiger partial charge < -0.3 is 19.9 Å². The van der Waals surface area contributed by atoms with E-state index in [4.69, 9.17) is 4.74 Å². The van der Waals surface area contributed by atoms with Crippen LogP contribution in [0.4, 0.5) is 5.82 Å². The number of ether oxygens (including phenoxy) is 1. The molecule has 0 bridgehead atoms. The van der Waals surface area contributed by atoms with Gasteiger partial charge in [0.25, 0.3) is 5.56 Å². The van der Waals surface area contributed by atoms with E-state index in [1.54, 1.807) is 19.5 Å². The summed E-state index contributed by atoms with van der Waals surface area (Å²) in [5.41, 5.74) is -0.114. The van der Waals surface area contributed by atoms with E-state index in [-0.39, 0.29) is 5.56 Å². The fraction of sp³-hybridized carbons (Fsp3) is 0.714. The second-order valence-electron chi connectivity index (χ2n) is 5.25. The Hall–Kier alpha value is -1.40. The molecule has 0 aliphatic carbocycles. The topological polar surface area (TPSA) is 70.2 Å². The number of nitrogens with one attached hydrogen (secondary N) is 2. The summed E-state index contributed by atoms with van der Waals surface area (Å²) >= 11 is 0. The third-order valence-corrected chi connectivity index (χ3v) is 3.74. The highest BCUT2D eigenvalue weighted by Gasteiger charge is 2.24. The van der Waals surface area contributed by atoms with Crippen LogP contribution < -0.4 is 15.8 Å². The number of hydrogen-bond acceptors (Lipinski definition) is 5. The summed E-state index contributed by atoms with van der Waals surface area (Å²) in [5.74, 6) is 0.527. The molecule has 1 aromatic rings. The molecule has 0 amide bonds. The normalized spacial score (nSPS) is 20.9. The van der Waals surface area contributed by atoms with Crippen LogP contribution in [0.25, 0.3) is 0 Å². The fourth-order valence-corrected chi connectivity index (χ4v) is 2.69. The molecule has 6 heteroatoms. The number of anilines is 1. The largest absolute Gasteiger partial charge is 0.383 e. The van der Waals surface area contributed by atoms with E-state index >= 15 is 0 Å². The summed E-state index contributed by atoms with van der Waals surface area (Å²) in [6.07, 6.45) is 6.43. The molecule has 2 rings (SSSR count).